The quantitative estimate of drug-likeness (QED) is 0.647. The summed E-state index contributed by atoms with van der Waals surface area (Å²) < 4.78 is 5.62. The first-order chi connectivity index (χ1) is 8.11. The van der Waals surface area contributed by atoms with Gasteiger partial charge in [-0.2, -0.15) is 0 Å². The van der Waals surface area contributed by atoms with Gasteiger partial charge < -0.3 is 15.6 Å². The van der Waals surface area contributed by atoms with Crippen LogP contribution in [0.15, 0.2) is 16.6 Å². The smallest absolute Gasteiger partial charge is 0.340 e. The van der Waals surface area contributed by atoms with Crippen LogP contribution in [0.1, 0.15) is 41.5 Å². The molecule has 0 fully saturated rings. The summed E-state index contributed by atoms with van der Waals surface area (Å²) in [6.45, 7) is 5.16. The molecule has 5 nitrogen and oxygen atoms in total. The molecule has 1 aromatic rings. The van der Waals surface area contributed by atoms with Gasteiger partial charge in [0.2, 0.25) is 0 Å². The zero-order valence-corrected chi connectivity index (χ0v) is 11.9. The zero-order chi connectivity index (χ0) is 14.1. The molecule has 0 spiro atoms. The molecule has 0 bridgehead atoms. The number of halogens is 1. The molecule has 18 heavy (non-hydrogen) atoms. The predicted octanol–water partition coefficient (Wildman–Crippen LogP) is 2.68. The molecule has 0 atom stereocenters. The summed E-state index contributed by atoms with van der Waals surface area (Å²) >= 11 is 3.14. The number of carboxylic acid groups (broad SMARTS) is 1. The summed E-state index contributed by atoms with van der Waals surface area (Å²) in [5.74, 6) is -1.84. The molecule has 3 N–H and O–H groups in total. The van der Waals surface area contributed by atoms with Crippen LogP contribution in [0.4, 0.5) is 5.69 Å². The number of benzene rings is 1. The maximum Gasteiger partial charge on any atom is 0.340 e. The van der Waals surface area contributed by atoms with Crippen molar-refractivity contribution in [3.05, 3.63) is 27.7 Å². The van der Waals surface area contributed by atoms with Crippen molar-refractivity contribution in [3.63, 3.8) is 0 Å². The lowest BCUT2D eigenvalue weighted by atomic mass is 10.1. The standard InChI is InChI=1S/C12H14BrNO4/c1-12(2,3)18-11(17)8-5-6(13)4-7(9(8)14)10(15)16/h4-5H,14H2,1-3H3,(H,15,16). The number of esters is 1. The van der Waals surface area contributed by atoms with E-state index in [1.165, 1.54) is 12.1 Å². The third kappa shape index (κ3) is 3.46. The molecule has 1 rings (SSSR count). The van der Waals surface area contributed by atoms with Crippen molar-refractivity contribution in [2.75, 3.05) is 5.73 Å². The number of rotatable bonds is 2. The lowest BCUT2D eigenvalue weighted by molar-refractivity contribution is 0.00707. The van der Waals surface area contributed by atoms with Crippen LogP contribution in [0, 0.1) is 0 Å². The molecule has 6 heteroatoms. The van der Waals surface area contributed by atoms with Gasteiger partial charge >= 0.3 is 11.9 Å². The minimum absolute atomic E-state index is 0.0386. The van der Waals surface area contributed by atoms with Crippen LogP contribution in [0.3, 0.4) is 0 Å². The van der Waals surface area contributed by atoms with E-state index in [0.717, 1.165) is 0 Å². The first-order valence-electron chi connectivity index (χ1n) is 5.17. The molecule has 0 aromatic heterocycles. The SMILES string of the molecule is CC(C)(C)OC(=O)c1cc(Br)cc(C(=O)O)c1N. The fourth-order valence-electron chi connectivity index (χ4n) is 1.30. The molecule has 0 aliphatic carbocycles. The second-order valence-corrected chi connectivity index (χ2v) is 5.64. The van der Waals surface area contributed by atoms with E-state index < -0.39 is 17.5 Å². The minimum atomic E-state index is -1.20. The third-order valence-electron chi connectivity index (χ3n) is 1.99. The number of carbonyl (C=O) groups excluding carboxylic acids is 1. The van der Waals surface area contributed by atoms with Crippen LogP contribution in [-0.2, 0) is 4.74 Å². The summed E-state index contributed by atoms with van der Waals surface area (Å²) in [6.07, 6.45) is 0. The molecule has 1 aromatic carbocycles. The fraction of sp³-hybridized carbons (Fsp3) is 0.333. The van der Waals surface area contributed by atoms with Crippen LogP contribution in [-0.4, -0.2) is 22.6 Å². The monoisotopic (exact) mass is 315 g/mol. The Hall–Kier alpha value is -1.56. The van der Waals surface area contributed by atoms with Crippen LogP contribution >= 0.6 is 15.9 Å². The van der Waals surface area contributed by atoms with E-state index in [1.54, 1.807) is 20.8 Å². The Bertz CT molecular complexity index is 506. The normalized spacial score (nSPS) is 11.1. The maximum absolute atomic E-state index is 11.9. The Morgan fingerprint density at radius 1 is 1.28 bits per heavy atom. The van der Waals surface area contributed by atoms with Crippen molar-refractivity contribution in [2.24, 2.45) is 0 Å². The van der Waals surface area contributed by atoms with Gasteiger partial charge in [-0.3, -0.25) is 0 Å². The number of nitrogens with two attached hydrogens (primary N) is 1. The van der Waals surface area contributed by atoms with Crippen molar-refractivity contribution in [3.8, 4) is 0 Å². The Kier molecular flexibility index (Phi) is 4.01. The maximum atomic E-state index is 11.9. The molecule has 0 aliphatic rings. The van der Waals surface area contributed by atoms with Gasteiger partial charge in [0.05, 0.1) is 16.8 Å². The number of hydrogen-bond acceptors (Lipinski definition) is 4. The lowest BCUT2D eigenvalue weighted by Crippen LogP contribution is -2.25. The predicted molar refractivity (Wildman–Crippen MR) is 70.7 cm³/mol. The minimum Gasteiger partial charge on any atom is -0.478 e. The molecule has 0 amide bonds. The van der Waals surface area contributed by atoms with Gasteiger partial charge in [-0.05, 0) is 32.9 Å². The lowest BCUT2D eigenvalue weighted by Gasteiger charge is -2.20. The van der Waals surface area contributed by atoms with Crippen molar-refractivity contribution in [1.29, 1.82) is 0 Å². The summed E-state index contributed by atoms with van der Waals surface area (Å²) in [4.78, 5) is 22.9. The molecular formula is C12H14BrNO4. The average molecular weight is 316 g/mol. The highest BCUT2D eigenvalue weighted by Gasteiger charge is 2.23. The summed E-state index contributed by atoms with van der Waals surface area (Å²) in [7, 11) is 0. The molecule has 0 unspecified atom stereocenters. The van der Waals surface area contributed by atoms with Gasteiger partial charge in [0, 0.05) is 4.47 Å². The summed E-state index contributed by atoms with van der Waals surface area (Å²) in [5, 5.41) is 8.98. The van der Waals surface area contributed by atoms with Crippen LogP contribution in [0.5, 0.6) is 0 Å². The van der Waals surface area contributed by atoms with Crippen molar-refractivity contribution in [2.45, 2.75) is 26.4 Å². The van der Waals surface area contributed by atoms with Crippen molar-refractivity contribution >= 4 is 33.6 Å². The number of carboxylic acids is 1. The van der Waals surface area contributed by atoms with Gasteiger partial charge in [0.25, 0.3) is 0 Å². The average Bonchev–Trinajstić information content (AvgIpc) is 2.17. The first kappa shape index (κ1) is 14.5. The van der Waals surface area contributed by atoms with E-state index in [-0.39, 0.29) is 16.8 Å². The van der Waals surface area contributed by atoms with Crippen molar-refractivity contribution in [1.82, 2.24) is 0 Å². The Balaban J connectivity index is 3.25. The van der Waals surface area contributed by atoms with E-state index in [0.29, 0.717) is 4.47 Å². The van der Waals surface area contributed by atoms with Gasteiger partial charge in [-0.25, -0.2) is 9.59 Å². The van der Waals surface area contributed by atoms with E-state index in [1.807, 2.05) is 0 Å². The number of ether oxygens (including phenoxy) is 1. The van der Waals surface area contributed by atoms with Gasteiger partial charge in [0.15, 0.2) is 0 Å². The Morgan fingerprint density at radius 2 is 1.78 bits per heavy atom. The van der Waals surface area contributed by atoms with Gasteiger partial charge in [0.1, 0.15) is 5.60 Å². The third-order valence-corrected chi connectivity index (χ3v) is 2.45. The highest BCUT2D eigenvalue weighted by atomic mass is 79.9. The van der Waals surface area contributed by atoms with Crippen LogP contribution < -0.4 is 5.73 Å². The zero-order valence-electron chi connectivity index (χ0n) is 10.3. The topological polar surface area (TPSA) is 89.6 Å². The van der Waals surface area contributed by atoms with E-state index in [2.05, 4.69) is 15.9 Å². The number of anilines is 1. The number of hydrogen-bond donors (Lipinski definition) is 2. The van der Waals surface area contributed by atoms with Crippen LogP contribution in [0.25, 0.3) is 0 Å². The molecule has 0 saturated heterocycles. The number of aromatic carboxylic acids is 1. The molecule has 98 valence electrons. The second kappa shape index (κ2) is 4.97. The second-order valence-electron chi connectivity index (χ2n) is 4.72. The highest BCUT2D eigenvalue weighted by molar-refractivity contribution is 9.10. The van der Waals surface area contributed by atoms with Crippen molar-refractivity contribution < 1.29 is 19.4 Å². The molecule has 0 radical (unpaired) electrons. The largest absolute Gasteiger partial charge is 0.478 e. The first-order valence-corrected chi connectivity index (χ1v) is 5.97. The number of carbonyl (C=O) groups is 2. The van der Waals surface area contributed by atoms with E-state index in [9.17, 15) is 9.59 Å². The van der Waals surface area contributed by atoms with Gasteiger partial charge in [-0.15, -0.1) is 0 Å². The van der Waals surface area contributed by atoms with Crippen LogP contribution in [0.2, 0.25) is 0 Å². The molecule has 0 saturated carbocycles. The molecule has 0 aliphatic heterocycles. The van der Waals surface area contributed by atoms with Gasteiger partial charge in [-0.1, -0.05) is 15.9 Å². The molecular weight excluding hydrogens is 302 g/mol. The Labute approximate surface area is 113 Å². The van der Waals surface area contributed by atoms with E-state index in [4.69, 9.17) is 15.6 Å². The molecule has 0 heterocycles. The number of nitrogen functional groups attached to an aromatic ring is 1. The summed E-state index contributed by atoms with van der Waals surface area (Å²) in [6, 6.07) is 2.78. The Morgan fingerprint density at radius 3 is 2.22 bits per heavy atom. The fourth-order valence-corrected chi connectivity index (χ4v) is 1.75. The van der Waals surface area contributed by atoms with E-state index >= 15 is 0 Å². The summed E-state index contributed by atoms with van der Waals surface area (Å²) in [5.41, 5.74) is 4.81. The highest BCUT2D eigenvalue weighted by Crippen LogP contribution is 2.26.